The van der Waals surface area contributed by atoms with Gasteiger partial charge in [0.1, 0.15) is 0 Å². The fourth-order valence-corrected chi connectivity index (χ4v) is 120. The molecule has 5 aromatic rings. The first-order valence-corrected chi connectivity index (χ1v) is 27.3. The van der Waals surface area contributed by atoms with E-state index in [1.54, 1.807) is 21.5 Å². The predicted molar refractivity (Wildman–Crippen MR) is 197 cm³/mol. The summed E-state index contributed by atoms with van der Waals surface area (Å²) in [5.41, 5.74) is 1.62. The van der Waals surface area contributed by atoms with Crippen LogP contribution in [0.3, 0.4) is 0 Å². The van der Waals surface area contributed by atoms with Gasteiger partial charge in [-0.25, -0.2) is 0 Å². The predicted octanol–water partition coefficient (Wildman–Crippen LogP) is 8.97. The summed E-state index contributed by atoms with van der Waals surface area (Å²) in [7, 11) is 2.22. The number of rotatable bonds is 9. The zero-order chi connectivity index (χ0) is 30.7. The molecule has 235 valence electrons. The molecule has 0 aromatic heterocycles. The molecule has 1 nitrogen and oxygen atoms in total. The van der Waals surface area contributed by atoms with Crippen LogP contribution in [0.5, 0.6) is 0 Å². The Morgan fingerprint density at radius 3 is 1.32 bits per heavy atom. The van der Waals surface area contributed by atoms with Gasteiger partial charge in [-0.1, -0.05) is 0 Å². The van der Waals surface area contributed by atoms with Crippen molar-refractivity contribution in [1.29, 1.82) is 0 Å². The Kier molecular flexibility index (Phi) is 2.33. The molecule has 0 saturated carbocycles. The van der Waals surface area contributed by atoms with Crippen molar-refractivity contribution in [1.82, 2.24) is 4.90 Å². The molecule has 1 spiro atoms. The van der Waals surface area contributed by atoms with Crippen LogP contribution < -0.4 is 26.5 Å². The van der Waals surface area contributed by atoms with Gasteiger partial charge in [0, 0.05) is 0 Å². The first-order chi connectivity index (χ1) is 22.9. The van der Waals surface area contributed by atoms with Crippen LogP contribution in [0.1, 0.15) is 11.3 Å². The number of hydrogen-bond acceptors (Lipinski definition) is 1. The van der Waals surface area contributed by atoms with E-state index < -0.39 is 21.7 Å². The molecule has 10 saturated heterocycles. The van der Waals surface area contributed by atoms with E-state index in [2.05, 4.69) is 165 Å². The Morgan fingerprint density at radius 2 is 0.936 bits per heavy atom. The average Bonchev–Trinajstić information content (AvgIpc) is 4.07. The maximum atomic E-state index is 2.75. The second-order valence-corrected chi connectivity index (χ2v) is 48.8. The molecule has 4 unspecified atom stereocenters. The Morgan fingerprint density at radius 1 is 0.532 bits per heavy atom. The average molecular weight is 689 g/mol. The van der Waals surface area contributed by atoms with Crippen LogP contribution in [-0.2, 0) is 6.51 Å². The van der Waals surface area contributed by atoms with E-state index in [-0.39, 0.29) is 0 Å². The molecule has 15 rings (SSSR count). The Labute approximate surface area is 270 Å². The van der Waals surface area contributed by atoms with Gasteiger partial charge in [0.15, 0.2) is 0 Å². The van der Waals surface area contributed by atoms with Gasteiger partial charge >= 0.3 is 272 Å². The molecular weight excluding hydrogens is 648 g/mol. The van der Waals surface area contributed by atoms with Gasteiger partial charge in [-0.3, -0.25) is 0 Å². The van der Waals surface area contributed by atoms with Crippen molar-refractivity contribution in [3.8, 4) is 0 Å². The first-order valence-electron chi connectivity index (χ1n) is 17.8. The number of nitrogens with zero attached hydrogens (tertiary/aromatic N) is 1. The van der Waals surface area contributed by atoms with E-state index in [4.69, 9.17) is 0 Å². The summed E-state index contributed by atoms with van der Waals surface area (Å²) < 4.78 is 0.694. The molecule has 10 fully saturated rings. The van der Waals surface area contributed by atoms with Crippen molar-refractivity contribution < 1.29 is 6.51 Å². The normalized spacial score (nSPS) is 51.6. The zero-order valence-electron chi connectivity index (χ0n) is 26.8. The van der Waals surface area contributed by atoms with Crippen molar-refractivity contribution in [3.63, 3.8) is 0 Å². The number of benzene rings is 5. The zero-order valence-corrected chi connectivity index (χ0v) is 29.7. The molecular formula is C43H40FeNP2. The molecule has 0 amide bonds. The molecule has 1 radical (unpaired) electrons. The summed E-state index contributed by atoms with van der Waals surface area (Å²) in [4.78, 5) is 14.2. The van der Waals surface area contributed by atoms with Gasteiger partial charge in [0.25, 0.3) is 0 Å². The molecule has 4 heteroatoms. The molecule has 0 N–H and O–H groups in total. The molecule has 10 heterocycles. The maximum absolute atomic E-state index is 3.72. The van der Waals surface area contributed by atoms with Crippen molar-refractivity contribution >= 4 is 41.7 Å². The molecule has 47 heavy (non-hydrogen) atoms. The minimum atomic E-state index is -3.72. The molecule has 0 aliphatic carbocycles. The minimum absolute atomic E-state index is 0.376. The fraction of sp³-hybridized carbons (Fsp3) is 0.302. The van der Waals surface area contributed by atoms with E-state index in [0.717, 1.165) is 0 Å². The van der Waals surface area contributed by atoms with Gasteiger partial charge in [0.2, 0.25) is 0 Å². The topological polar surface area (TPSA) is 3.24 Å². The van der Waals surface area contributed by atoms with Crippen molar-refractivity contribution in [2.75, 3.05) is 14.1 Å². The quantitative estimate of drug-likeness (QED) is 0.110. The van der Waals surface area contributed by atoms with Crippen LogP contribution in [0.25, 0.3) is 0 Å². The van der Waals surface area contributed by atoms with E-state index in [1.165, 1.54) is 54.0 Å². The molecule has 10 aliphatic rings. The molecule has 10 aliphatic heterocycles. The van der Waals surface area contributed by atoms with Crippen LogP contribution in [0.2, 0.25) is 43.3 Å². The second-order valence-electron chi connectivity index (χ2n) is 18.9. The van der Waals surface area contributed by atoms with E-state index in [9.17, 15) is 0 Å². The van der Waals surface area contributed by atoms with Crippen LogP contribution in [0.4, 0.5) is 0 Å². The molecule has 5 aromatic carbocycles. The molecule has 0 bridgehead atoms. The van der Waals surface area contributed by atoms with Gasteiger partial charge in [-0.05, 0) is 0 Å². The van der Waals surface area contributed by atoms with Crippen LogP contribution in [0, 0.1) is 0 Å². The summed E-state index contributed by atoms with van der Waals surface area (Å²) in [6.07, 6.45) is 0. The molecule has 5 atom stereocenters. The van der Waals surface area contributed by atoms with E-state index >= 15 is 0 Å². The third kappa shape index (κ3) is 0.826. The Hall–Kier alpha value is -2.56. The summed E-state index contributed by atoms with van der Waals surface area (Å²) in [6.45, 7) is -3.72. The second kappa shape index (κ2) is 4.46. The van der Waals surface area contributed by atoms with Crippen molar-refractivity contribution in [2.24, 2.45) is 0 Å². The third-order valence-corrected chi connectivity index (χ3v) is 76.6. The Balaban J connectivity index is 1.07. The summed E-state index contributed by atoms with van der Waals surface area (Å²) in [5.74, 6) is 0.376. The number of hydrogen-bond donors (Lipinski definition) is 0. The summed E-state index contributed by atoms with van der Waals surface area (Å²) in [6, 6.07) is 57.4. The standard InChI is InChI=1S/C38H35NP2.C5H5.Fe/c1-39(2)38(41(35-27-15-16-28-35,33-23-11-5-12-24-33)34-25-13-6-14-26-34)36-29-17-18-30-37(36)40(31-19-7-3-8-20-31)32-21-9-4-10-22-32;1-2-4-5-3-1;/h3-30,38H,1-2H3;1-5H;/t38-;;/m0../s1. The van der Waals surface area contributed by atoms with Gasteiger partial charge in [-0.2, -0.15) is 0 Å². The van der Waals surface area contributed by atoms with E-state index in [0.29, 0.717) is 9.84 Å². The number of fused-ring (bicyclic) bond motifs is 10. The van der Waals surface area contributed by atoms with E-state index in [1.807, 2.05) is 0 Å². The SMILES string of the molecule is CN(C)[C@H](c1ccccc1P(c1ccccc1)c1ccccc1)[P](c1ccccc1)(c1ccccc1)[C]12[CH]3[CH]4[CH]5[CH]1[Fe]45321678[CH]2[CH]1[CH]6[CH]7[CH]28. The van der Waals surface area contributed by atoms with Crippen LogP contribution in [-0.4, -0.2) is 23.0 Å². The van der Waals surface area contributed by atoms with Crippen LogP contribution >= 0.6 is 15.2 Å². The third-order valence-electron chi connectivity index (χ3n) is 21.8. The summed E-state index contributed by atoms with van der Waals surface area (Å²) in [5, 5.41) is 7.95. The monoisotopic (exact) mass is 688 g/mol. The van der Waals surface area contributed by atoms with Gasteiger partial charge < -0.3 is 0 Å². The van der Waals surface area contributed by atoms with Crippen molar-refractivity contribution in [3.05, 3.63) is 151 Å². The van der Waals surface area contributed by atoms with Crippen LogP contribution in [0.15, 0.2) is 146 Å². The first kappa shape index (κ1) is 24.6. The Bertz CT molecular complexity index is 2450. The van der Waals surface area contributed by atoms with Gasteiger partial charge in [-0.15, -0.1) is 0 Å². The fourth-order valence-electron chi connectivity index (χ4n) is 22.7. The van der Waals surface area contributed by atoms with Gasteiger partial charge in [0.05, 0.1) is 0 Å². The van der Waals surface area contributed by atoms with Crippen molar-refractivity contribution in [2.45, 2.75) is 53.2 Å². The summed E-state index contributed by atoms with van der Waals surface area (Å²) >= 11 is 0.